The molecule has 0 spiro atoms. The number of hydrogen-bond donors (Lipinski definition) is 2. The number of benzene rings is 1. The van der Waals surface area contributed by atoms with E-state index >= 15 is 0 Å². The Morgan fingerprint density at radius 3 is 2.50 bits per heavy atom. The van der Waals surface area contributed by atoms with Gasteiger partial charge in [0.2, 0.25) is 5.91 Å². The summed E-state index contributed by atoms with van der Waals surface area (Å²) in [5.74, 6) is -0.241. The molecular formula is C15H19N3O4. The van der Waals surface area contributed by atoms with Crippen LogP contribution >= 0.6 is 0 Å². The lowest BCUT2D eigenvalue weighted by Crippen LogP contribution is -2.47. The van der Waals surface area contributed by atoms with E-state index in [4.69, 9.17) is 4.74 Å². The molecule has 2 rings (SSSR count). The van der Waals surface area contributed by atoms with Crippen LogP contribution in [-0.2, 0) is 15.1 Å². The fourth-order valence-electron chi connectivity index (χ4n) is 2.27. The van der Waals surface area contributed by atoms with Crippen LogP contribution in [0.3, 0.4) is 0 Å². The van der Waals surface area contributed by atoms with Crippen molar-refractivity contribution in [3.63, 3.8) is 0 Å². The van der Waals surface area contributed by atoms with Gasteiger partial charge in [-0.25, -0.2) is 4.79 Å². The van der Waals surface area contributed by atoms with Crippen LogP contribution in [0.15, 0.2) is 24.3 Å². The molecule has 0 radical (unpaired) electrons. The SMILES string of the molecule is CCCC(=O)NN1C(=O)NC(C)(c2ccc(OC)cc2)C1=O. The number of rotatable bonds is 5. The molecule has 4 amide bonds. The monoisotopic (exact) mass is 305 g/mol. The molecule has 1 heterocycles. The van der Waals surface area contributed by atoms with Crippen LogP contribution in [0.5, 0.6) is 5.75 Å². The van der Waals surface area contributed by atoms with Gasteiger partial charge in [-0.3, -0.25) is 15.0 Å². The third kappa shape index (κ3) is 2.74. The Balaban J connectivity index is 2.23. The summed E-state index contributed by atoms with van der Waals surface area (Å²) in [5.41, 5.74) is 1.73. The Labute approximate surface area is 128 Å². The van der Waals surface area contributed by atoms with Gasteiger partial charge in [-0.2, -0.15) is 5.01 Å². The number of nitrogens with one attached hydrogen (secondary N) is 2. The van der Waals surface area contributed by atoms with Crippen molar-refractivity contribution in [2.24, 2.45) is 0 Å². The molecule has 7 heteroatoms. The number of amides is 4. The van der Waals surface area contributed by atoms with Gasteiger partial charge in [-0.05, 0) is 31.0 Å². The molecule has 0 aliphatic carbocycles. The van der Waals surface area contributed by atoms with Crippen LogP contribution in [0.1, 0.15) is 32.3 Å². The lowest BCUT2D eigenvalue weighted by atomic mass is 9.92. The van der Waals surface area contributed by atoms with Gasteiger partial charge in [0.1, 0.15) is 11.3 Å². The molecule has 0 saturated carbocycles. The fourth-order valence-corrected chi connectivity index (χ4v) is 2.27. The van der Waals surface area contributed by atoms with Crippen LogP contribution in [0.25, 0.3) is 0 Å². The average Bonchev–Trinajstić information content (AvgIpc) is 2.72. The number of hydrogen-bond acceptors (Lipinski definition) is 4. The number of nitrogens with zero attached hydrogens (tertiary/aromatic N) is 1. The molecule has 1 aromatic carbocycles. The Hall–Kier alpha value is -2.57. The number of urea groups is 1. The number of hydrazine groups is 1. The van der Waals surface area contributed by atoms with Gasteiger partial charge in [-0.1, -0.05) is 19.1 Å². The molecule has 1 fully saturated rings. The first-order chi connectivity index (χ1) is 10.4. The molecule has 1 aliphatic heterocycles. The highest BCUT2D eigenvalue weighted by Crippen LogP contribution is 2.29. The van der Waals surface area contributed by atoms with Crippen LogP contribution in [0.2, 0.25) is 0 Å². The minimum atomic E-state index is -1.22. The molecule has 2 N–H and O–H groups in total. The Bertz CT molecular complexity index is 599. The van der Waals surface area contributed by atoms with Gasteiger partial charge in [-0.15, -0.1) is 0 Å². The van der Waals surface area contributed by atoms with E-state index < -0.39 is 17.5 Å². The second-order valence-corrected chi connectivity index (χ2v) is 5.21. The van der Waals surface area contributed by atoms with Gasteiger partial charge < -0.3 is 10.1 Å². The first kappa shape index (κ1) is 15.8. The number of ether oxygens (including phenoxy) is 1. The largest absolute Gasteiger partial charge is 0.497 e. The van der Waals surface area contributed by atoms with E-state index in [1.165, 1.54) is 0 Å². The lowest BCUT2D eigenvalue weighted by molar-refractivity contribution is -0.139. The smallest absolute Gasteiger partial charge is 0.344 e. The maximum atomic E-state index is 12.5. The van der Waals surface area contributed by atoms with Crippen LogP contribution in [-0.4, -0.2) is 30.0 Å². The summed E-state index contributed by atoms with van der Waals surface area (Å²) in [4.78, 5) is 36.1. The summed E-state index contributed by atoms with van der Waals surface area (Å²) in [6.07, 6.45) is 0.877. The Morgan fingerprint density at radius 2 is 1.95 bits per heavy atom. The highest BCUT2D eigenvalue weighted by atomic mass is 16.5. The predicted octanol–water partition coefficient (Wildman–Crippen LogP) is 1.29. The maximum absolute atomic E-state index is 12.5. The first-order valence-corrected chi connectivity index (χ1v) is 7.03. The van der Waals surface area contributed by atoms with E-state index in [0.717, 1.165) is 5.01 Å². The summed E-state index contributed by atoms with van der Waals surface area (Å²) < 4.78 is 5.07. The molecule has 1 unspecified atom stereocenters. The quantitative estimate of drug-likeness (QED) is 0.803. The van der Waals surface area contributed by atoms with E-state index in [2.05, 4.69) is 10.7 Å². The summed E-state index contributed by atoms with van der Waals surface area (Å²) >= 11 is 0. The molecule has 118 valence electrons. The minimum Gasteiger partial charge on any atom is -0.497 e. The first-order valence-electron chi connectivity index (χ1n) is 7.03. The van der Waals surface area contributed by atoms with Crippen molar-refractivity contribution in [2.75, 3.05) is 7.11 Å². The number of imide groups is 1. The van der Waals surface area contributed by atoms with E-state index in [1.807, 2.05) is 6.92 Å². The van der Waals surface area contributed by atoms with Gasteiger partial charge in [0, 0.05) is 6.42 Å². The van der Waals surface area contributed by atoms with Crippen LogP contribution in [0, 0.1) is 0 Å². The lowest BCUT2D eigenvalue weighted by Gasteiger charge is -2.22. The van der Waals surface area contributed by atoms with Gasteiger partial charge in [0.05, 0.1) is 7.11 Å². The number of carbonyl (C=O) groups is 3. The van der Waals surface area contributed by atoms with E-state index in [0.29, 0.717) is 17.7 Å². The summed E-state index contributed by atoms with van der Waals surface area (Å²) in [5, 5.41) is 3.35. The predicted molar refractivity (Wildman–Crippen MR) is 78.8 cm³/mol. The third-order valence-electron chi connectivity index (χ3n) is 3.57. The Kier molecular flexibility index (Phi) is 4.35. The van der Waals surface area contributed by atoms with Crippen molar-refractivity contribution in [3.8, 4) is 5.75 Å². The highest BCUT2D eigenvalue weighted by molar-refractivity contribution is 6.08. The van der Waals surface area contributed by atoms with Crippen molar-refractivity contribution in [1.29, 1.82) is 0 Å². The molecular weight excluding hydrogens is 286 g/mol. The van der Waals surface area contributed by atoms with Crippen molar-refractivity contribution in [2.45, 2.75) is 32.2 Å². The Morgan fingerprint density at radius 1 is 1.32 bits per heavy atom. The molecule has 0 aromatic heterocycles. The second-order valence-electron chi connectivity index (χ2n) is 5.21. The molecule has 1 atom stereocenters. The third-order valence-corrected chi connectivity index (χ3v) is 3.57. The topological polar surface area (TPSA) is 87.7 Å². The summed E-state index contributed by atoms with van der Waals surface area (Å²) in [6.45, 7) is 3.44. The second kappa shape index (κ2) is 6.05. The standard InChI is InChI=1S/C15H19N3O4/c1-4-5-12(19)17-18-13(20)15(2,16-14(18)21)10-6-8-11(22-3)9-7-10/h6-9H,4-5H2,1-3H3,(H,16,21)(H,17,19). The molecule has 7 nitrogen and oxygen atoms in total. The molecule has 1 saturated heterocycles. The number of methoxy groups -OCH3 is 1. The zero-order valence-corrected chi connectivity index (χ0v) is 12.8. The average molecular weight is 305 g/mol. The minimum absolute atomic E-state index is 0.246. The normalized spacial score (nSPS) is 20.8. The van der Waals surface area contributed by atoms with Gasteiger partial charge >= 0.3 is 6.03 Å². The zero-order valence-electron chi connectivity index (χ0n) is 12.8. The van der Waals surface area contributed by atoms with E-state index in [-0.39, 0.29) is 12.3 Å². The fraction of sp³-hybridized carbons (Fsp3) is 0.400. The molecule has 0 bridgehead atoms. The maximum Gasteiger partial charge on any atom is 0.344 e. The molecule has 22 heavy (non-hydrogen) atoms. The summed E-state index contributed by atoms with van der Waals surface area (Å²) in [7, 11) is 1.55. The summed E-state index contributed by atoms with van der Waals surface area (Å²) in [6, 6.07) is 6.17. The van der Waals surface area contributed by atoms with Crippen molar-refractivity contribution in [1.82, 2.24) is 15.8 Å². The highest BCUT2D eigenvalue weighted by Gasteiger charge is 2.49. The molecule has 1 aliphatic rings. The van der Waals surface area contributed by atoms with Crippen molar-refractivity contribution >= 4 is 17.8 Å². The van der Waals surface area contributed by atoms with Crippen LogP contribution in [0.4, 0.5) is 4.79 Å². The van der Waals surface area contributed by atoms with Gasteiger partial charge in [0.25, 0.3) is 5.91 Å². The van der Waals surface area contributed by atoms with Gasteiger partial charge in [0.15, 0.2) is 0 Å². The van der Waals surface area contributed by atoms with E-state index in [1.54, 1.807) is 38.3 Å². The van der Waals surface area contributed by atoms with Crippen LogP contribution < -0.4 is 15.5 Å². The molecule has 1 aromatic rings. The zero-order chi connectivity index (χ0) is 16.3. The van der Waals surface area contributed by atoms with Crippen molar-refractivity contribution in [3.05, 3.63) is 29.8 Å². The van der Waals surface area contributed by atoms with E-state index in [9.17, 15) is 14.4 Å². The van der Waals surface area contributed by atoms with Crippen molar-refractivity contribution < 1.29 is 19.1 Å². The number of carbonyl (C=O) groups excluding carboxylic acids is 3.